The molecule has 2 unspecified atom stereocenters. The van der Waals surface area contributed by atoms with Gasteiger partial charge in [0.2, 0.25) is 0 Å². The number of Topliss-reactive ketones (excluding diaryl/α,β-unsaturated/α-hetero) is 1. The van der Waals surface area contributed by atoms with E-state index in [9.17, 15) is 9.90 Å². The van der Waals surface area contributed by atoms with Crippen molar-refractivity contribution in [3.05, 3.63) is 22.9 Å². The van der Waals surface area contributed by atoms with Gasteiger partial charge in [0.25, 0.3) is 0 Å². The first-order valence-electron chi connectivity index (χ1n) is 8.54. The Kier molecular flexibility index (Phi) is 10.2. The molecule has 0 aromatic rings. The second kappa shape index (κ2) is 11.6. The second-order valence-corrected chi connectivity index (χ2v) is 7.93. The zero-order chi connectivity index (χ0) is 17.9. The molecule has 0 spiro atoms. The van der Waals surface area contributed by atoms with Gasteiger partial charge in [-0.1, -0.05) is 43.9 Å². The summed E-state index contributed by atoms with van der Waals surface area (Å²) >= 11 is 7.33. The van der Waals surface area contributed by atoms with Crippen LogP contribution in [0.5, 0.6) is 0 Å². The van der Waals surface area contributed by atoms with Crippen molar-refractivity contribution in [3.63, 3.8) is 0 Å². The number of allylic oxidation sites excluding steroid dienone is 2. The molecule has 0 aromatic carbocycles. The Morgan fingerprint density at radius 2 is 2.25 bits per heavy atom. The third kappa shape index (κ3) is 6.89. The van der Waals surface area contributed by atoms with Crippen molar-refractivity contribution in [2.24, 2.45) is 11.1 Å². The summed E-state index contributed by atoms with van der Waals surface area (Å²) in [6, 6.07) is 0. The Labute approximate surface area is 154 Å². The third-order valence-electron chi connectivity index (χ3n) is 3.85. The van der Waals surface area contributed by atoms with Crippen LogP contribution in [0.3, 0.4) is 0 Å². The maximum atomic E-state index is 12.6. The normalized spacial score (nSPS) is 20.8. The molecule has 2 atom stereocenters. The van der Waals surface area contributed by atoms with Gasteiger partial charge in [-0.3, -0.25) is 4.79 Å². The molecule has 6 heteroatoms. The predicted octanol–water partition coefficient (Wildman–Crippen LogP) is 5.23. The van der Waals surface area contributed by atoms with Gasteiger partial charge in [0.1, 0.15) is 12.4 Å². The van der Waals surface area contributed by atoms with Crippen molar-refractivity contribution in [1.29, 1.82) is 0 Å². The van der Waals surface area contributed by atoms with Crippen LogP contribution >= 0.6 is 23.4 Å². The number of hydrogen-bond donors (Lipinski definition) is 1. The monoisotopic (exact) mass is 373 g/mol. The number of nitrogens with zero attached hydrogens (tertiary/aromatic N) is 1. The van der Waals surface area contributed by atoms with E-state index in [1.165, 1.54) is 5.54 Å². The molecular formula is C18H28ClNO3S. The summed E-state index contributed by atoms with van der Waals surface area (Å²) in [5, 5.41) is 15.0. The quantitative estimate of drug-likeness (QED) is 0.323. The topological polar surface area (TPSA) is 58.9 Å². The van der Waals surface area contributed by atoms with Gasteiger partial charge in [0.15, 0.2) is 5.78 Å². The number of hydrogen-bond acceptors (Lipinski definition) is 5. The minimum atomic E-state index is -0.0267. The fraction of sp³-hybridized carbons (Fsp3) is 0.667. The number of carbonyl (C=O) groups is 1. The highest BCUT2D eigenvalue weighted by atomic mass is 35.5. The summed E-state index contributed by atoms with van der Waals surface area (Å²) in [5.74, 6) is 1.41. The van der Waals surface area contributed by atoms with Crippen LogP contribution in [-0.4, -0.2) is 34.2 Å². The maximum absolute atomic E-state index is 12.6. The van der Waals surface area contributed by atoms with Crippen LogP contribution in [0.15, 0.2) is 28.1 Å². The maximum Gasteiger partial charge on any atom is 0.168 e. The second-order valence-electron chi connectivity index (χ2n) is 5.97. The zero-order valence-corrected chi connectivity index (χ0v) is 16.3. The largest absolute Gasteiger partial charge is 0.511 e. The molecule has 4 nitrogen and oxygen atoms in total. The average Bonchev–Trinajstić information content (AvgIpc) is 2.51. The fourth-order valence-electron chi connectivity index (χ4n) is 2.94. The molecule has 0 amide bonds. The van der Waals surface area contributed by atoms with Gasteiger partial charge >= 0.3 is 0 Å². The van der Waals surface area contributed by atoms with Crippen LogP contribution in [0, 0.1) is 5.92 Å². The molecule has 0 saturated heterocycles. The summed E-state index contributed by atoms with van der Waals surface area (Å²) in [6.45, 7) is 6.56. The van der Waals surface area contributed by atoms with Gasteiger partial charge in [-0.25, -0.2) is 0 Å². The molecule has 0 saturated carbocycles. The molecule has 0 radical (unpaired) electrons. The Morgan fingerprint density at radius 3 is 2.83 bits per heavy atom. The van der Waals surface area contributed by atoms with Gasteiger partial charge < -0.3 is 9.94 Å². The Hall–Kier alpha value is -0.940. The van der Waals surface area contributed by atoms with Crippen LogP contribution < -0.4 is 0 Å². The standard InChI is InChI=1S/C18H28ClNO3S/c1-4-7-15(20-23-9-6-8-19)18-16(21)11-14(12-17(18)22)10-13(3)24-5-2/h6,8,13-14,21H,4-5,7,9-12H2,1-3H3/b8-6+,20-15+. The van der Waals surface area contributed by atoms with E-state index in [2.05, 4.69) is 19.0 Å². The first-order chi connectivity index (χ1) is 11.5. The number of rotatable bonds is 10. The van der Waals surface area contributed by atoms with E-state index in [-0.39, 0.29) is 24.1 Å². The summed E-state index contributed by atoms with van der Waals surface area (Å²) in [4.78, 5) is 17.7. The lowest BCUT2D eigenvalue weighted by atomic mass is 9.82. The van der Waals surface area contributed by atoms with E-state index in [1.807, 2.05) is 18.7 Å². The minimum absolute atomic E-state index is 0.0267. The van der Waals surface area contributed by atoms with Crippen molar-refractivity contribution < 1.29 is 14.7 Å². The number of oxime groups is 1. The first kappa shape index (κ1) is 21.1. The Balaban J connectivity index is 2.85. The number of halogens is 1. The highest BCUT2D eigenvalue weighted by molar-refractivity contribution is 7.99. The highest BCUT2D eigenvalue weighted by Crippen LogP contribution is 2.32. The fourth-order valence-corrected chi connectivity index (χ4v) is 3.99. The average molecular weight is 374 g/mol. The Bertz CT molecular complexity index is 502. The summed E-state index contributed by atoms with van der Waals surface area (Å²) in [5.41, 5.74) is 2.26. The molecule has 0 aromatic heterocycles. The molecule has 1 aliphatic rings. The minimum Gasteiger partial charge on any atom is -0.511 e. The molecule has 1 rings (SSSR count). The molecule has 24 heavy (non-hydrogen) atoms. The van der Waals surface area contributed by atoms with Crippen LogP contribution in [0.4, 0.5) is 0 Å². The third-order valence-corrected chi connectivity index (χ3v) is 5.12. The van der Waals surface area contributed by atoms with Gasteiger partial charge in [0, 0.05) is 23.6 Å². The van der Waals surface area contributed by atoms with Crippen molar-refractivity contribution in [2.75, 3.05) is 12.4 Å². The number of aliphatic hydroxyl groups excluding tert-OH is 1. The molecular weight excluding hydrogens is 346 g/mol. The van der Waals surface area contributed by atoms with E-state index in [4.69, 9.17) is 16.4 Å². The van der Waals surface area contributed by atoms with Crippen LogP contribution in [0.1, 0.15) is 52.9 Å². The van der Waals surface area contributed by atoms with Crippen LogP contribution in [0.25, 0.3) is 0 Å². The summed E-state index contributed by atoms with van der Waals surface area (Å²) in [7, 11) is 0. The van der Waals surface area contributed by atoms with Gasteiger partial charge in [-0.2, -0.15) is 11.8 Å². The number of ketones is 1. The van der Waals surface area contributed by atoms with E-state index < -0.39 is 0 Å². The van der Waals surface area contributed by atoms with Gasteiger partial charge in [-0.15, -0.1) is 0 Å². The van der Waals surface area contributed by atoms with Gasteiger partial charge in [0.05, 0.1) is 11.3 Å². The SMILES string of the molecule is CCC/C(=N\OC/C=C/Cl)C1=C(O)CC(CC(C)SCC)CC1=O. The number of carbonyl (C=O) groups excluding carboxylic acids is 1. The summed E-state index contributed by atoms with van der Waals surface area (Å²) in [6.07, 6.45) is 5.00. The van der Waals surface area contributed by atoms with E-state index in [1.54, 1.807) is 6.08 Å². The smallest absolute Gasteiger partial charge is 0.168 e. The molecule has 136 valence electrons. The predicted molar refractivity (Wildman–Crippen MR) is 103 cm³/mol. The van der Waals surface area contributed by atoms with Crippen molar-refractivity contribution in [3.8, 4) is 0 Å². The molecule has 1 N–H and O–H groups in total. The van der Waals surface area contributed by atoms with E-state index in [0.717, 1.165) is 18.6 Å². The van der Waals surface area contributed by atoms with Crippen molar-refractivity contribution in [2.45, 2.75) is 58.1 Å². The number of aliphatic hydroxyl groups is 1. The molecule has 0 heterocycles. The highest BCUT2D eigenvalue weighted by Gasteiger charge is 2.31. The van der Waals surface area contributed by atoms with E-state index >= 15 is 0 Å². The molecule has 0 aliphatic heterocycles. The Morgan fingerprint density at radius 1 is 1.50 bits per heavy atom. The lowest BCUT2D eigenvalue weighted by Gasteiger charge is -2.25. The van der Waals surface area contributed by atoms with Gasteiger partial charge in [-0.05, 0) is 30.6 Å². The zero-order valence-electron chi connectivity index (χ0n) is 14.8. The van der Waals surface area contributed by atoms with Crippen molar-refractivity contribution in [1.82, 2.24) is 0 Å². The van der Waals surface area contributed by atoms with Crippen LogP contribution in [-0.2, 0) is 9.63 Å². The summed E-state index contributed by atoms with van der Waals surface area (Å²) < 4.78 is 0. The van der Waals surface area contributed by atoms with Crippen LogP contribution in [0.2, 0.25) is 0 Å². The molecule has 1 aliphatic carbocycles. The molecule has 0 bridgehead atoms. The van der Waals surface area contributed by atoms with E-state index in [0.29, 0.717) is 35.8 Å². The molecule has 0 fully saturated rings. The lowest BCUT2D eigenvalue weighted by Crippen LogP contribution is -2.26. The lowest BCUT2D eigenvalue weighted by molar-refractivity contribution is -0.116. The number of thioether (sulfide) groups is 1. The van der Waals surface area contributed by atoms with Crippen molar-refractivity contribution >= 4 is 34.9 Å². The first-order valence-corrected chi connectivity index (χ1v) is 10.0.